The van der Waals surface area contributed by atoms with E-state index < -0.39 is 0 Å². The highest BCUT2D eigenvalue weighted by Gasteiger charge is 2.18. The average molecular weight is 140 g/mol. The third kappa shape index (κ3) is 1.31. The Morgan fingerprint density at radius 1 is 1.60 bits per heavy atom. The molecule has 2 nitrogen and oxygen atoms in total. The molecule has 1 unspecified atom stereocenters. The Morgan fingerprint density at radius 2 is 2.30 bits per heavy atom. The maximum absolute atomic E-state index is 4.55. The molecule has 0 aromatic heterocycles. The fraction of sp³-hybridized carbons (Fsp3) is 0.875. The first-order chi connectivity index (χ1) is 4.77. The molecule has 0 saturated heterocycles. The highest BCUT2D eigenvalue weighted by molar-refractivity contribution is 5.83. The summed E-state index contributed by atoms with van der Waals surface area (Å²) in [6, 6.07) is 0.569. The molecule has 0 aromatic rings. The fourth-order valence-corrected chi connectivity index (χ4v) is 1.35. The van der Waals surface area contributed by atoms with Crippen LogP contribution in [-0.2, 0) is 0 Å². The van der Waals surface area contributed by atoms with Crippen molar-refractivity contribution in [3.05, 3.63) is 0 Å². The molecule has 0 radical (unpaired) electrons. The predicted molar refractivity (Wildman–Crippen MR) is 44.4 cm³/mol. The van der Waals surface area contributed by atoms with Gasteiger partial charge >= 0.3 is 0 Å². The van der Waals surface area contributed by atoms with Crippen molar-refractivity contribution in [2.45, 2.75) is 32.7 Å². The van der Waals surface area contributed by atoms with Crippen LogP contribution >= 0.6 is 0 Å². The van der Waals surface area contributed by atoms with Gasteiger partial charge < -0.3 is 4.90 Å². The molecule has 58 valence electrons. The van der Waals surface area contributed by atoms with Gasteiger partial charge in [-0.25, -0.2) is 0 Å². The molecule has 0 aliphatic carbocycles. The Morgan fingerprint density at radius 3 is 2.60 bits per heavy atom. The zero-order valence-corrected chi connectivity index (χ0v) is 7.09. The first-order valence-corrected chi connectivity index (χ1v) is 4.05. The summed E-state index contributed by atoms with van der Waals surface area (Å²) < 4.78 is 0. The zero-order chi connectivity index (χ0) is 7.56. The number of likely N-dealkylation sites (N-methyl/N-ethyl adjacent to an activating group) is 1. The van der Waals surface area contributed by atoms with Crippen molar-refractivity contribution >= 4 is 5.84 Å². The van der Waals surface area contributed by atoms with E-state index in [1.54, 1.807) is 0 Å². The van der Waals surface area contributed by atoms with E-state index in [9.17, 15) is 0 Å². The topological polar surface area (TPSA) is 15.6 Å². The van der Waals surface area contributed by atoms with E-state index in [1.807, 2.05) is 0 Å². The number of hydrogen-bond donors (Lipinski definition) is 0. The molecule has 0 spiro atoms. The normalized spacial score (nSPS) is 25.3. The van der Waals surface area contributed by atoms with Crippen molar-refractivity contribution in [3.63, 3.8) is 0 Å². The molecule has 10 heavy (non-hydrogen) atoms. The monoisotopic (exact) mass is 140 g/mol. The van der Waals surface area contributed by atoms with Crippen molar-refractivity contribution in [1.29, 1.82) is 0 Å². The molecule has 1 atom stereocenters. The Labute approximate surface area is 62.9 Å². The van der Waals surface area contributed by atoms with Crippen LogP contribution in [-0.4, -0.2) is 30.4 Å². The first kappa shape index (κ1) is 7.58. The molecule has 0 N–H and O–H groups in total. The number of hydrogen-bond acceptors (Lipinski definition) is 2. The van der Waals surface area contributed by atoms with Crippen molar-refractivity contribution in [2.24, 2.45) is 4.99 Å². The van der Waals surface area contributed by atoms with Crippen molar-refractivity contribution in [1.82, 2.24) is 4.90 Å². The predicted octanol–water partition coefficient (Wildman–Crippen LogP) is 1.52. The van der Waals surface area contributed by atoms with Crippen LogP contribution in [0.25, 0.3) is 0 Å². The standard InChI is InChI=1S/C8H16N2/c1-4-7-6-10(3)8(5-2)9-7/h7H,4-6H2,1-3H3. The van der Waals surface area contributed by atoms with Crippen LogP contribution in [0.2, 0.25) is 0 Å². The van der Waals surface area contributed by atoms with Crippen LogP contribution < -0.4 is 0 Å². The van der Waals surface area contributed by atoms with Gasteiger partial charge in [0.25, 0.3) is 0 Å². The van der Waals surface area contributed by atoms with Crippen molar-refractivity contribution in [3.8, 4) is 0 Å². The second kappa shape index (κ2) is 3.04. The van der Waals surface area contributed by atoms with E-state index in [-0.39, 0.29) is 0 Å². The van der Waals surface area contributed by atoms with Gasteiger partial charge in [0.05, 0.1) is 11.9 Å². The molecule has 0 fully saturated rings. The largest absolute Gasteiger partial charge is 0.361 e. The van der Waals surface area contributed by atoms with Gasteiger partial charge in [0.15, 0.2) is 0 Å². The van der Waals surface area contributed by atoms with E-state index >= 15 is 0 Å². The molecule has 0 aromatic carbocycles. The Bertz CT molecular complexity index is 140. The Kier molecular flexibility index (Phi) is 2.30. The van der Waals surface area contributed by atoms with Gasteiger partial charge in [0, 0.05) is 20.0 Å². The minimum Gasteiger partial charge on any atom is -0.361 e. The molecular formula is C8H16N2. The lowest BCUT2D eigenvalue weighted by atomic mass is 10.2. The smallest absolute Gasteiger partial charge is 0.0988 e. The first-order valence-electron chi connectivity index (χ1n) is 4.05. The Hall–Kier alpha value is -0.530. The molecule has 1 aliphatic heterocycles. The van der Waals surface area contributed by atoms with E-state index in [0.29, 0.717) is 6.04 Å². The Balaban J connectivity index is 2.54. The van der Waals surface area contributed by atoms with Crippen molar-refractivity contribution < 1.29 is 0 Å². The summed E-state index contributed by atoms with van der Waals surface area (Å²) in [5.41, 5.74) is 0. The van der Waals surface area contributed by atoms with Gasteiger partial charge in [-0.1, -0.05) is 13.8 Å². The molecule has 0 bridgehead atoms. The zero-order valence-electron chi connectivity index (χ0n) is 7.09. The number of rotatable bonds is 2. The van der Waals surface area contributed by atoms with Gasteiger partial charge in [0.1, 0.15) is 0 Å². The third-order valence-corrected chi connectivity index (χ3v) is 2.04. The van der Waals surface area contributed by atoms with Gasteiger partial charge in [-0.3, -0.25) is 4.99 Å². The quantitative estimate of drug-likeness (QED) is 0.568. The van der Waals surface area contributed by atoms with Gasteiger partial charge in [-0.15, -0.1) is 0 Å². The molecule has 0 saturated carbocycles. The molecule has 1 heterocycles. The van der Waals surface area contributed by atoms with Crippen molar-refractivity contribution in [2.75, 3.05) is 13.6 Å². The SMILES string of the molecule is CCC1=NC(CC)CN1C. The van der Waals surface area contributed by atoms with Gasteiger partial charge in [-0.2, -0.15) is 0 Å². The summed E-state index contributed by atoms with van der Waals surface area (Å²) in [4.78, 5) is 6.81. The number of amidine groups is 1. The summed E-state index contributed by atoms with van der Waals surface area (Å²) in [6.45, 7) is 5.48. The highest BCUT2D eigenvalue weighted by atomic mass is 15.2. The lowest BCUT2D eigenvalue weighted by molar-refractivity contribution is 0.486. The van der Waals surface area contributed by atoms with Crippen LogP contribution in [0, 0.1) is 0 Å². The molecule has 1 aliphatic rings. The molecule has 2 heteroatoms. The maximum Gasteiger partial charge on any atom is 0.0988 e. The summed E-state index contributed by atoms with van der Waals surface area (Å²) in [5.74, 6) is 1.27. The van der Waals surface area contributed by atoms with Gasteiger partial charge in [-0.05, 0) is 6.42 Å². The van der Waals surface area contributed by atoms with Crippen LogP contribution in [0.1, 0.15) is 26.7 Å². The van der Waals surface area contributed by atoms with E-state index in [1.165, 1.54) is 12.3 Å². The van der Waals surface area contributed by atoms with E-state index in [2.05, 4.69) is 30.8 Å². The third-order valence-electron chi connectivity index (χ3n) is 2.04. The molecular weight excluding hydrogens is 124 g/mol. The average Bonchev–Trinajstić information content (AvgIpc) is 2.30. The van der Waals surface area contributed by atoms with Gasteiger partial charge in [0.2, 0.25) is 0 Å². The number of aliphatic imine (C=N–C) groups is 1. The van der Waals surface area contributed by atoms with E-state index in [0.717, 1.165) is 13.0 Å². The van der Waals surface area contributed by atoms with Crippen LogP contribution in [0.5, 0.6) is 0 Å². The summed E-state index contributed by atoms with van der Waals surface area (Å²) >= 11 is 0. The van der Waals surface area contributed by atoms with Crippen LogP contribution in [0.4, 0.5) is 0 Å². The lowest BCUT2D eigenvalue weighted by Gasteiger charge is -2.12. The second-order valence-electron chi connectivity index (χ2n) is 2.84. The molecule has 0 amide bonds. The summed E-state index contributed by atoms with van der Waals surface area (Å²) in [5, 5.41) is 0. The maximum atomic E-state index is 4.55. The molecule has 1 rings (SSSR count). The minimum absolute atomic E-state index is 0.569. The van der Waals surface area contributed by atoms with Crippen LogP contribution in [0.3, 0.4) is 0 Å². The lowest BCUT2D eigenvalue weighted by Crippen LogP contribution is -2.23. The summed E-state index contributed by atoms with van der Waals surface area (Å²) in [6.07, 6.45) is 2.25. The summed E-state index contributed by atoms with van der Waals surface area (Å²) in [7, 11) is 2.12. The second-order valence-corrected chi connectivity index (χ2v) is 2.84. The fourth-order valence-electron chi connectivity index (χ4n) is 1.35. The highest BCUT2D eigenvalue weighted by Crippen LogP contribution is 2.11. The van der Waals surface area contributed by atoms with E-state index in [4.69, 9.17) is 0 Å². The number of nitrogens with zero attached hydrogens (tertiary/aromatic N) is 2. The minimum atomic E-state index is 0.569. The van der Waals surface area contributed by atoms with Crippen LogP contribution in [0.15, 0.2) is 4.99 Å².